The van der Waals surface area contributed by atoms with Crippen molar-refractivity contribution in [3.8, 4) is 5.75 Å². The molecular formula is C27H30FN3O5. The summed E-state index contributed by atoms with van der Waals surface area (Å²) < 4.78 is 18.5. The maximum Gasteiger partial charge on any atom is 0.244 e. The number of carbonyl (C=O) groups excluding carboxylic acids is 4. The lowest BCUT2D eigenvalue weighted by Gasteiger charge is -2.25. The third kappa shape index (κ3) is 8.04. The van der Waals surface area contributed by atoms with Crippen molar-refractivity contribution < 1.29 is 28.3 Å². The van der Waals surface area contributed by atoms with Crippen molar-refractivity contribution in [1.82, 2.24) is 16.0 Å². The molecule has 0 bridgehead atoms. The van der Waals surface area contributed by atoms with Crippen molar-refractivity contribution in [2.24, 2.45) is 5.92 Å². The summed E-state index contributed by atoms with van der Waals surface area (Å²) in [6.07, 6.45) is 5.20. The summed E-state index contributed by atoms with van der Waals surface area (Å²) in [5, 5.41) is 8.07. The fourth-order valence-electron chi connectivity index (χ4n) is 3.97. The number of rotatable bonds is 11. The zero-order chi connectivity index (χ0) is 25.9. The fraction of sp³-hybridized carbons (Fsp3) is 0.333. The van der Waals surface area contributed by atoms with Crippen molar-refractivity contribution >= 4 is 30.1 Å². The predicted molar refractivity (Wildman–Crippen MR) is 132 cm³/mol. The molecule has 0 spiro atoms. The Bertz CT molecular complexity index is 1090. The second kappa shape index (κ2) is 13.2. The first-order valence-electron chi connectivity index (χ1n) is 11.8. The number of carbonyl (C=O) groups is 4. The van der Waals surface area contributed by atoms with Crippen LogP contribution in [0.3, 0.4) is 0 Å². The van der Waals surface area contributed by atoms with E-state index in [9.17, 15) is 23.6 Å². The molecule has 190 valence electrons. The van der Waals surface area contributed by atoms with Crippen LogP contribution >= 0.6 is 0 Å². The van der Waals surface area contributed by atoms with Crippen LogP contribution < -0.4 is 20.7 Å². The monoisotopic (exact) mass is 495 g/mol. The van der Waals surface area contributed by atoms with Crippen LogP contribution in [0.2, 0.25) is 0 Å². The van der Waals surface area contributed by atoms with Gasteiger partial charge in [0.05, 0.1) is 13.2 Å². The van der Waals surface area contributed by atoms with E-state index in [1.54, 1.807) is 37.5 Å². The third-order valence-corrected chi connectivity index (χ3v) is 5.96. The van der Waals surface area contributed by atoms with Crippen LogP contribution in [0.4, 0.5) is 4.39 Å². The molecule has 3 N–H and O–H groups in total. The molecule has 1 heterocycles. The zero-order valence-corrected chi connectivity index (χ0v) is 20.0. The first-order valence-corrected chi connectivity index (χ1v) is 11.8. The third-order valence-electron chi connectivity index (χ3n) is 5.96. The zero-order valence-electron chi connectivity index (χ0n) is 20.0. The molecule has 8 nitrogen and oxygen atoms in total. The Hall–Kier alpha value is -4.01. The van der Waals surface area contributed by atoms with Crippen LogP contribution in [0.1, 0.15) is 30.4 Å². The smallest absolute Gasteiger partial charge is 0.244 e. The minimum absolute atomic E-state index is 0.0870. The molecule has 9 heteroatoms. The summed E-state index contributed by atoms with van der Waals surface area (Å²) in [5.74, 6) is -1.32. The number of nitrogens with one attached hydrogen (secondary N) is 3. The van der Waals surface area contributed by atoms with Crippen molar-refractivity contribution in [2.45, 2.75) is 37.8 Å². The molecule has 0 aliphatic carbocycles. The maximum atomic E-state index is 13.3. The van der Waals surface area contributed by atoms with E-state index in [0.29, 0.717) is 30.6 Å². The van der Waals surface area contributed by atoms with E-state index in [2.05, 4.69) is 16.0 Å². The highest BCUT2D eigenvalue weighted by molar-refractivity contribution is 5.96. The Morgan fingerprint density at radius 1 is 1.14 bits per heavy atom. The second-order valence-corrected chi connectivity index (χ2v) is 8.62. The van der Waals surface area contributed by atoms with Gasteiger partial charge in [0.2, 0.25) is 17.7 Å². The van der Waals surface area contributed by atoms with Gasteiger partial charge in [-0.15, -0.1) is 0 Å². The quantitative estimate of drug-likeness (QED) is 0.327. The standard InChI is InChI=1S/C27H30FN3O5/c1-36-23-11-6-18(7-12-23)8-13-25(33)31-24(15-19-4-9-21(28)10-5-19)27(35)30-22(17-32)16-20-3-2-14-29-26(20)34/h4-13,17,20,22,24H,2-3,14-16H2,1H3,(H,29,34)(H,30,35)(H,31,33)/b13-8+/t20-,22-,24-/m0/s1. The molecule has 1 aliphatic rings. The van der Waals surface area contributed by atoms with Gasteiger partial charge in [-0.05, 0) is 60.7 Å². The van der Waals surface area contributed by atoms with E-state index < -0.39 is 29.7 Å². The molecule has 36 heavy (non-hydrogen) atoms. The fourth-order valence-corrected chi connectivity index (χ4v) is 3.97. The maximum absolute atomic E-state index is 13.3. The van der Waals surface area contributed by atoms with Crippen LogP contribution in [0, 0.1) is 11.7 Å². The van der Waals surface area contributed by atoms with E-state index in [1.807, 2.05) is 0 Å². The van der Waals surface area contributed by atoms with Gasteiger partial charge in [-0.1, -0.05) is 24.3 Å². The second-order valence-electron chi connectivity index (χ2n) is 8.62. The molecule has 0 radical (unpaired) electrons. The first-order chi connectivity index (χ1) is 17.4. The average Bonchev–Trinajstić information content (AvgIpc) is 2.89. The highest BCUT2D eigenvalue weighted by Crippen LogP contribution is 2.17. The number of benzene rings is 2. The highest BCUT2D eigenvalue weighted by Gasteiger charge is 2.28. The van der Waals surface area contributed by atoms with Crippen LogP contribution in [-0.2, 0) is 25.6 Å². The number of amides is 3. The number of halogens is 1. The van der Waals surface area contributed by atoms with Gasteiger partial charge in [0.25, 0.3) is 0 Å². The van der Waals surface area contributed by atoms with Crippen molar-refractivity contribution in [2.75, 3.05) is 13.7 Å². The van der Waals surface area contributed by atoms with Gasteiger partial charge >= 0.3 is 0 Å². The summed E-state index contributed by atoms with van der Waals surface area (Å²) in [6, 6.07) is 10.8. The molecular weight excluding hydrogens is 465 g/mol. The predicted octanol–water partition coefficient (Wildman–Crippen LogP) is 2.17. The highest BCUT2D eigenvalue weighted by atomic mass is 19.1. The van der Waals surface area contributed by atoms with Gasteiger partial charge in [0.1, 0.15) is 23.9 Å². The molecule has 1 aliphatic heterocycles. The summed E-state index contributed by atoms with van der Waals surface area (Å²) in [6.45, 7) is 0.600. The first kappa shape index (κ1) is 26.6. The van der Waals surface area contributed by atoms with E-state index in [4.69, 9.17) is 4.74 Å². The summed E-state index contributed by atoms with van der Waals surface area (Å²) in [4.78, 5) is 49.5. The van der Waals surface area contributed by atoms with Crippen molar-refractivity contribution in [1.29, 1.82) is 0 Å². The lowest BCUT2D eigenvalue weighted by atomic mass is 9.92. The molecule has 3 rings (SSSR count). The van der Waals surface area contributed by atoms with Crippen LogP contribution in [0.15, 0.2) is 54.6 Å². The summed E-state index contributed by atoms with van der Waals surface area (Å²) in [7, 11) is 1.56. The van der Waals surface area contributed by atoms with Crippen molar-refractivity contribution in [3.63, 3.8) is 0 Å². The van der Waals surface area contributed by atoms with Crippen molar-refractivity contribution in [3.05, 3.63) is 71.6 Å². The van der Waals surface area contributed by atoms with Gasteiger partial charge in [0, 0.05) is 25.0 Å². The summed E-state index contributed by atoms with van der Waals surface area (Å²) in [5.41, 5.74) is 1.39. The minimum Gasteiger partial charge on any atom is -0.497 e. The Kier molecular flexibility index (Phi) is 9.73. The van der Waals surface area contributed by atoms with E-state index in [0.717, 1.165) is 12.0 Å². The van der Waals surface area contributed by atoms with Gasteiger partial charge in [-0.3, -0.25) is 14.4 Å². The lowest BCUT2D eigenvalue weighted by Crippen LogP contribution is -2.51. The largest absolute Gasteiger partial charge is 0.497 e. The van der Waals surface area contributed by atoms with Crippen LogP contribution in [0.5, 0.6) is 5.75 Å². The number of hydrogen-bond acceptors (Lipinski definition) is 5. The molecule has 2 aromatic carbocycles. The van der Waals surface area contributed by atoms with Gasteiger partial charge in [0.15, 0.2) is 0 Å². The topological polar surface area (TPSA) is 114 Å². The number of piperidine rings is 1. The van der Waals surface area contributed by atoms with Gasteiger partial charge < -0.3 is 25.5 Å². The molecule has 0 unspecified atom stereocenters. The number of aldehydes is 1. The molecule has 3 atom stereocenters. The number of methoxy groups -OCH3 is 1. The van der Waals surface area contributed by atoms with Gasteiger partial charge in [-0.25, -0.2) is 4.39 Å². The van der Waals surface area contributed by atoms with Crippen LogP contribution in [-0.4, -0.2) is 49.7 Å². The lowest BCUT2D eigenvalue weighted by molar-refractivity contribution is -0.130. The molecule has 0 saturated carbocycles. The van der Waals surface area contributed by atoms with E-state index in [-0.39, 0.29) is 24.7 Å². The Morgan fingerprint density at radius 2 is 1.86 bits per heavy atom. The minimum atomic E-state index is -1.02. The molecule has 2 aromatic rings. The normalized spacial score (nSPS) is 17.1. The number of hydrogen-bond donors (Lipinski definition) is 3. The van der Waals surface area contributed by atoms with Crippen LogP contribution in [0.25, 0.3) is 6.08 Å². The number of ether oxygens (including phenoxy) is 1. The van der Waals surface area contributed by atoms with Gasteiger partial charge in [-0.2, -0.15) is 0 Å². The molecule has 0 aromatic heterocycles. The summed E-state index contributed by atoms with van der Waals surface area (Å²) >= 11 is 0. The van der Waals surface area contributed by atoms with E-state index >= 15 is 0 Å². The Labute approximate surface area is 209 Å². The molecule has 1 fully saturated rings. The Morgan fingerprint density at radius 3 is 2.50 bits per heavy atom. The average molecular weight is 496 g/mol. The SMILES string of the molecule is COc1ccc(/C=C/C(=O)N[C@@H](Cc2ccc(F)cc2)C(=O)N[C@H](C=O)C[C@@H]2CCCNC2=O)cc1. The molecule has 1 saturated heterocycles. The Balaban J connectivity index is 1.69. The molecule has 3 amide bonds. The van der Waals surface area contributed by atoms with E-state index in [1.165, 1.54) is 30.3 Å².